The van der Waals surface area contributed by atoms with Gasteiger partial charge in [0, 0.05) is 17.8 Å². The van der Waals surface area contributed by atoms with Crippen LogP contribution in [-0.2, 0) is 0 Å². The van der Waals surface area contributed by atoms with Crippen LogP contribution in [-0.4, -0.2) is 17.2 Å². The third kappa shape index (κ3) is 2.07. The average Bonchev–Trinajstić information content (AvgIpc) is 2.82. The van der Waals surface area contributed by atoms with E-state index in [1.54, 1.807) is 0 Å². The van der Waals surface area contributed by atoms with Gasteiger partial charge in [-0.15, -0.1) is 0 Å². The van der Waals surface area contributed by atoms with Crippen molar-refractivity contribution in [3.8, 4) is 11.1 Å². The molecule has 1 atom stereocenters. The highest BCUT2D eigenvalue weighted by molar-refractivity contribution is 5.62. The lowest BCUT2D eigenvalue weighted by atomic mass is 10.0. The van der Waals surface area contributed by atoms with Crippen molar-refractivity contribution in [3.63, 3.8) is 0 Å². The molecule has 1 aromatic heterocycles. The summed E-state index contributed by atoms with van der Waals surface area (Å²) in [5.41, 5.74) is 3.61. The van der Waals surface area contributed by atoms with Crippen molar-refractivity contribution in [1.29, 1.82) is 0 Å². The summed E-state index contributed by atoms with van der Waals surface area (Å²) >= 11 is 0. The van der Waals surface area contributed by atoms with E-state index < -0.39 is 0 Å². The zero-order chi connectivity index (χ0) is 10.7. The Morgan fingerprint density at radius 1 is 1.33 bits per heavy atom. The first-order chi connectivity index (χ1) is 7.31. The minimum atomic E-state index is 0.372. The largest absolute Gasteiger partial charge is 0.313 e. The molecule has 0 radical (unpaired) electrons. The standard InChI is InChI=1S/C12H15N3/c1-9(13-2)10-4-3-5-11(6-10)12-7-14-15-8-12/h3-9,13H,1-2H3,(H,14,15)/t9-/m1/s1. The van der Waals surface area contributed by atoms with Gasteiger partial charge in [-0.1, -0.05) is 18.2 Å². The van der Waals surface area contributed by atoms with Crippen LogP contribution in [0.25, 0.3) is 11.1 Å². The Kier molecular flexibility index (Phi) is 2.83. The Bertz CT molecular complexity index is 420. The van der Waals surface area contributed by atoms with Gasteiger partial charge in [0.1, 0.15) is 0 Å². The molecule has 78 valence electrons. The first-order valence-corrected chi connectivity index (χ1v) is 5.07. The fraction of sp³-hybridized carbons (Fsp3) is 0.250. The van der Waals surface area contributed by atoms with Crippen LogP contribution in [0.15, 0.2) is 36.7 Å². The smallest absolute Gasteiger partial charge is 0.0565 e. The fourth-order valence-electron chi connectivity index (χ4n) is 1.56. The topological polar surface area (TPSA) is 40.7 Å². The van der Waals surface area contributed by atoms with Crippen LogP contribution in [0.4, 0.5) is 0 Å². The van der Waals surface area contributed by atoms with Gasteiger partial charge in [-0.2, -0.15) is 5.10 Å². The second kappa shape index (κ2) is 4.28. The van der Waals surface area contributed by atoms with E-state index in [-0.39, 0.29) is 0 Å². The molecule has 0 aliphatic rings. The molecule has 0 aliphatic carbocycles. The Morgan fingerprint density at radius 3 is 2.87 bits per heavy atom. The highest BCUT2D eigenvalue weighted by Gasteiger charge is 2.04. The molecule has 0 amide bonds. The van der Waals surface area contributed by atoms with Crippen LogP contribution in [0.2, 0.25) is 0 Å². The molecule has 3 nitrogen and oxygen atoms in total. The van der Waals surface area contributed by atoms with Crippen molar-refractivity contribution in [1.82, 2.24) is 15.5 Å². The summed E-state index contributed by atoms with van der Waals surface area (Å²) in [4.78, 5) is 0. The second-order valence-electron chi connectivity index (χ2n) is 3.62. The maximum absolute atomic E-state index is 3.95. The first-order valence-electron chi connectivity index (χ1n) is 5.07. The molecule has 2 aromatic rings. The number of hydrogen-bond donors (Lipinski definition) is 2. The first kappa shape index (κ1) is 9.93. The van der Waals surface area contributed by atoms with Crippen molar-refractivity contribution in [3.05, 3.63) is 42.2 Å². The van der Waals surface area contributed by atoms with Gasteiger partial charge in [0.2, 0.25) is 0 Å². The average molecular weight is 201 g/mol. The molecule has 3 heteroatoms. The molecule has 1 heterocycles. The van der Waals surface area contributed by atoms with Crippen LogP contribution in [0.3, 0.4) is 0 Å². The predicted molar refractivity (Wildman–Crippen MR) is 61.5 cm³/mol. The lowest BCUT2D eigenvalue weighted by Gasteiger charge is -2.11. The van der Waals surface area contributed by atoms with Crippen LogP contribution in [0, 0.1) is 0 Å². The monoisotopic (exact) mass is 201 g/mol. The van der Waals surface area contributed by atoms with E-state index >= 15 is 0 Å². The molecule has 1 aromatic carbocycles. The molecule has 0 saturated heterocycles. The molecule has 0 unspecified atom stereocenters. The van der Waals surface area contributed by atoms with Gasteiger partial charge in [0.25, 0.3) is 0 Å². The Balaban J connectivity index is 2.35. The third-order valence-electron chi connectivity index (χ3n) is 2.65. The number of hydrogen-bond acceptors (Lipinski definition) is 2. The fourth-order valence-corrected chi connectivity index (χ4v) is 1.56. The summed E-state index contributed by atoms with van der Waals surface area (Å²) in [6, 6.07) is 8.86. The SMILES string of the molecule is CN[C@H](C)c1cccc(-c2cn[nH]c2)c1. The van der Waals surface area contributed by atoms with Crippen LogP contribution in [0.5, 0.6) is 0 Å². The number of benzene rings is 1. The molecular formula is C12H15N3. The Hall–Kier alpha value is -1.61. The Morgan fingerprint density at radius 2 is 2.20 bits per heavy atom. The zero-order valence-electron chi connectivity index (χ0n) is 8.99. The van der Waals surface area contributed by atoms with Crippen molar-refractivity contribution < 1.29 is 0 Å². The van der Waals surface area contributed by atoms with Crippen molar-refractivity contribution in [2.24, 2.45) is 0 Å². The second-order valence-corrected chi connectivity index (χ2v) is 3.62. The molecule has 2 rings (SSSR count). The van der Waals surface area contributed by atoms with Crippen molar-refractivity contribution >= 4 is 0 Å². The van der Waals surface area contributed by atoms with Crippen molar-refractivity contribution in [2.45, 2.75) is 13.0 Å². The van der Waals surface area contributed by atoms with Gasteiger partial charge in [-0.25, -0.2) is 0 Å². The molecular weight excluding hydrogens is 186 g/mol. The Labute approximate surface area is 89.5 Å². The van der Waals surface area contributed by atoms with E-state index in [4.69, 9.17) is 0 Å². The number of aromatic amines is 1. The summed E-state index contributed by atoms with van der Waals surface area (Å²) in [6.07, 6.45) is 3.74. The molecule has 2 N–H and O–H groups in total. The van der Waals surface area contributed by atoms with E-state index in [0.717, 1.165) is 5.56 Å². The van der Waals surface area contributed by atoms with E-state index in [0.29, 0.717) is 6.04 Å². The third-order valence-corrected chi connectivity index (χ3v) is 2.65. The van der Waals surface area contributed by atoms with Gasteiger partial charge < -0.3 is 5.32 Å². The number of nitrogens with zero attached hydrogens (tertiary/aromatic N) is 1. The van der Waals surface area contributed by atoms with Gasteiger partial charge >= 0.3 is 0 Å². The van der Waals surface area contributed by atoms with Gasteiger partial charge in [-0.05, 0) is 31.2 Å². The minimum absolute atomic E-state index is 0.372. The number of rotatable bonds is 3. The lowest BCUT2D eigenvalue weighted by molar-refractivity contribution is 0.652. The summed E-state index contributed by atoms with van der Waals surface area (Å²) in [7, 11) is 1.97. The molecule has 0 bridgehead atoms. The van der Waals surface area contributed by atoms with Gasteiger partial charge in [0.15, 0.2) is 0 Å². The van der Waals surface area contributed by atoms with E-state index in [1.807, 2.05) is 19.4 Å². The molecule has 0 spiro atoms. The number of aromatic nitrogens is 2. The highest BCUT2D eigenvalue weighted by atomic mass is 15.1. The molecule has 0 fully saturated rings. The predicted octanol–water partition coefficient (Wildman–Crippen LogP) is 2.36. The molecule has 15 heavy (non-hydrogen) atoms. The van der Waals surface area contributed by atoms with E-state index in [1.165, 1.54) is 11.1 Å². The summed E-state index contributed by atoms with van der Waals surface area (Å²) in [5.74, 6) is 0. The highest BCUT2D eigenvalue weighted by Crippen LogP contribution is 2.21. The van der Waals surface area contributed by atoms with Crippen LogP contribution in [0.1, 0.15) is 18.5 Å². The molecule has 0 saturated carbocycles. The van der Waals surface area contributed by atoms with Gasteiger partial charge in [-0.3, -0.25) is 5.10 Å². The maximum Gasteiger partial charge on any atom is 0.0565 e. The number of nitrogens with one attached hydrogen (secondary N) is 2. The minimum Gasteiger partial charge on any atom is -0.313 e. The summed E-state index contributed by atoms with van der Waals surface area (Å²) in [5, 5.41) is 10.0. The normalized spacial score (nSPS) is 12.7. The zero-order valence-corrected chi connectivity index (χ0v) is 8.99. The van der Waals surface area contributed by atoms with Crippen molar-refractivity contribution in [2.75, 3.05) is 7.05 Å². The molecule has 0 aliphatic heterocycles. The quantitative estimate of drug-likeness (QED) is 0.800. The van der Waals surface area contributed by atoms with Gasteiger partial charge in [0.05, 0.1) is 6.20 Å². The van der Waals surface area contributed by atoms with Crippen LogP contribution < -0.4 is 5.32 Å². The van der Waals surface area contributed by atoms with E-state index in [9.17, 15) is 0 Å². The summed E-state index contributed by atoms with van der Waals surface area (Å²) < 4.78 is 0. The van der Waals surface area contributed by atoms with E-state index in [2.05, 4.69) is 46.7 Å². The number of H-pyrrole nitrogens is 1. The summed E-state index contributed by atoms with van der Waals surface area (Å²) in [6.45, 7) is 2.15. The maximum atomic E-state index is 3.95. The van der Waals surface area contributed by atoms with Crippen LogP contribution >= 0.6 is 0 Å². The lowest BCUT2D eigenvalue weighted by Crippen LogP contribution is -2.11.